The summed E-state index contributed by atoms with van der Waals surface area (Å²) in [6.45, 7) is 19.8. The van der Waals surface area contributed by atoms with Gasteiger partial charge in [-0.3, -0.25) is 0 Å². The van der Waals surface area contributed by atoms with Crippen LogP contribution < -0.4 is 126 Å². The summed E-state index contributed by atoms with van der Waals surface area (Å²) in [6, 6.07) is 0.0421. The Bertz CT molecular complexity index is 4140. The van der Waals surface area contributed by atoms with Crippen LogP contribution in [0.25, 0.3) is 0 Å². The molecule has 756 valence electrons. The van der Waals surface area contributed by atoms with Crippen molar-refractivity contribution in [3.05, 3.63) is 49.6 Å². The number of nitrogens with one attached hydrogen (secondary N) is 8. The summed E-state index contributed by atoms with van der Waals surface area (Å²) in [4.78, 5) is 63.3. The molecule has 8 heterocycles. The minimum atomic E-state index is -0.0804. The normalized spacial score (nSPS) is 12.4. The zero-order valence-corrected chi connectivity index (χ0v) is 81.5. The fourth-order valence-electron chi connectivity index (χ4n) is 11.9. The first-order valence-electron chi connectivity index (χ1n) is 44.8. The molecule has 31 N–H and O–H groups in total. The van der Waals surface area contributed by atoms with Gasteiger partial charge in [0, 0.05) is 19.8 Å². The summed E-state index contributed by atoms with van der Waals surface area (Å²) < 4.78 is 46.2. The molecule has 0 aliphatic carbocycles. The van der Waals surface area contributed by atoms with E-state index in [-0.39, 0.29) is 142 Å². The van der Waals surface area contributed by atoms with E-state index in [0.717, 1.165) is 116 Å². The SMILES string of the molecule is CCCC(CO)Nc1nc(N)ncc1OC.CCCC[C@@H](CCO)Nc1nc(N)ncc1OC.CCCC[C@@H](CO)Nc1nc(N)ncc1OC.CCCC[C@H](CO)Nc1nc(N)ncc1OC.CCC[C@@H](CO)Nc1nc(N)ncc1OC.CCC[C@@H](COC)Nc1nc(N)ncc1OC.CCC[C@H](CO)Nc1nc(N)ncc1OC.CC[C@H](C)[C@@H](CO)Nc1nc(N)ncc1OC. The van der Waals surface area contributed by atoms with Crippen molar-refractivity contribution in [3.63, 3.8) is 0 Å². The number of aliphatic hydroxyl groups excluding tert-OH is 7. The molecule has 0 amide bonds. The zero-order chi connectivity index (χ0) is 100. The Morgan fingerprint density at radius 1 is 0.254 bits per heavy atom. The topological polar surface area (TPSA) is 735 Å². The van der Waals surface area contributed by atoms with Crippen LogP contribution in [0.2, 0.25) is 0 Å². The van der Waals surface area contributed by atoms with Crippen LogP contribution in [0.3, 0.4) is 0 Å². The molecule has 134 heavy (non-hydrogen) atoms. The van der Waals surface area contributed by atoms with Crippen LogP contribution in [-0.4, -0.2) is 281 Å². The van der Waals surface area contributed by atoms with Gasteiger partial charge < -0.3 is 167 Å². The molecule has 8 aromatic rings. The highest BCUT2D eigenvalue weighted by molar-refractivity contribution is 5.57. The quantitative estimate of drug-likeness (QED) is 0.0174. The predicted octanol–water partition coefficient (Wildman–Crippen LogP) is 7.58. The summed E-state index contributed by atoms with van der Waals surface area (Å²) in [7, 11) is 14.0. The highest BCUT2D eigenvalue weighted by Crippen LogP contribution is 2.31. The lowest BCUT2D eigenvalue weighted by Gasteiger charge is -2.23. The van der Waals surface area contributed by atoms with Crippen LogP contribution >= 0.6 is 0 Å². The third-order valence-corrected chi connectivity index (χ3v) is 19.4. The van der Waals surface area contributed by atoms with Gasteiger partial charge in [0.05, 0.1) is 195 Å². The molecule has 8 aromatic heterocycles. The van der Waals surface area contributed by atoms with E-state index in [1.54, 1.807) is 47.9 Å². The maximum absolute atomic E-state index is 9.34. The molecule has 48 heteroatoms. The van der Waals surface area contributed by atoms with Gasteiger partial charge in [0.1, 0.15) is 0 Å². The number of anilines is 16. The van der Waals surface area contributed by atoms with Crippen molar-refractivity contribution in [1.82, 2.24) is 79.7 Å². The van der Waals surface area contributed by atoms with E-state index in [0.29, 0.717) is 111 Å². The maximum atomic E-state index is 9.34. The molecule has 0 spiro atoms. The molecule has 0 bridgehead atoms. The van der Waals surface area contributed by atoms with Crippen molar-refractivity contribution in [1.29, 1.82) is 0 Å². The number of ether oxygens (including phenoxy) is 9. The van der Waals surface area contributed by atoms with Crippen LogP contribution in [-0.2, 0) is 4.74 Å². The average molecular weight is 1890 g/mol. The van der Waals surface area contributed by atoms with E-state index in [1.165, 1.54) is 65.6 Å². The molecule has 9 atom stereocenters. The van der Waals surface area contributed by atoms with E-state index >= 15 is 0 Å². The van der Waals surface area contributed by atoms with Gasteiger partial charge in [0.2, 0.25) is 47.6 Å². The largest absolute Gasteiger partial charge is 0.491 e. The molecular weight excluding hydrogens is 1740 g/mol. The fourth-order valence-corrected chi connectivity index (χ4v) is 11.9. The van der Waals surface area contributed by atoms with Gasteiger partial charge in [0.15, 0.2) is 92.5 Å². The Kier molecular flexibility index (Phi) is 64.3. The van der Waals surface area contributed by atoms with E-state index < -0.39 is 0 Å². The van der Waals surface area contributed by atoms with E-state index in [4.69, 9.17) is 93.6 Å². The number of methoxy groups -OCH3 is 9. The predicted molar refractivity (Wildman–Crippen MR) is 527 cm³/mol. The molecular formula is C86H156N32O16. The monoisotopic (exact) mass is 1890 g/mol. The Labute approximate surface area is 788 Å². The summed E-state index contributed by atoms with van der Waals surface area (Å²) in [5.41, 5.74) is 44.2. The number of rotatable bonds is 53. The summed E-state index contributed by atoms with van der Waals surface area (Å²) >= 11 is 0. The van der Waals surface area contributed by atoms with Crippen molar-refractivity contribution in [2.24, 2.45) is 5.92 Å². The number of unbranched alkanes of at least 4 members (excludes halogenated alkanes) is 3. The highest BCUT2D eigenvalue weighted by atomic mass is 16.5. The number of aliphatic hydroxyl groups is 7. The summed E-state index contributed by atoms with van der Waals surface area (Å²) in [6.07, 6.45) is 30.5. The molecule has 0 saturated carbocycles. The van der Waals surface area contributed by atoms with Crippen LogP contribution in [0.1, 0.15) is 184 Å². The minimum absolute atomic E-state index is 0.0298. The molecule has 0 aliphatic rings. The Hall–Kier alpha value is -12.5. The lowest BCUT2D eigenvalue weighted by Crippen LogP contribution is -2.31. The second-order valence-electron chi connectivity index (χ2n) is 29.8. The number of hydrogen-bond donors (Lipinski definition) is 23. The zero-order valence-electron chi connectivity index (χ0n) is 81.5. The third kappa shape index (κ3) is 47.7. The number of nitrogens with two attached hydrogens (primary N) is 8. The van der Waals surface area contributed by atoms with Crippen LogP contribution in [0, 0.1) is 5.92 Å². The van der Waals surface area contributed by atoms with Crippen molar-refractivity contribution < 1.29 is 78.4 Å². The van der Waals surface area contributed by atoms with Crippen molar-refractivity contribution >= 4 is 94.1 Å². The average Bonchev–Trinajstić information content (AvgIpc) is 0.865. The van der Waals surface area contributed by atoms with Gasteiger partial charge in [-0.2, -0.15) is 39.9 Å². The first-order valence-corrected chi connectivity index (χ1v) is 44.8. The summed E-state index contributed by atoms with van der Waals surface area (Å²) in [5, 5.41) is 89.6. The van der Waals surface area contributed by atoms with Gasteiger partial charge in [0.25, 0.3) is 0 Å². The molecule has 48 nitrogen and oxygen atoms in total. The van der Waals surface area contributed by atoms with Crippen molar-refractivity contribution in [2.75, 3.05) is 205 Å². The van der Waals surface area contributed by atoms with Gasteiger partial charge in [-0.25, -0.2) is 39.9 Å². The first-order chi connectivity index (χ1) is 64.6. The van der Waals surface area contributed by atoms with Crippen molar-refractivity contribution in [3.8, 4) is 46.0 Å². The molecule has 0 fully saturated rings. The molecule has 0 aromatic carbocycles. The minimum Gasteiger partial charge on any atom is -0.491 e. The van der Waals surface area contributed by atoms with Gasteiger partial charge in [-0.15, -0.1) is 0 Å². The Balaban J connectivity index is 0.000000766. The highest BCUT2D eigenvalue weighted by Gasteiger charge is 2.22. The Morgan fingerprint density at radius 3 is 0.627 bits per heavy atom. The van der Waals surface area contributed by atoms with Crippen molar-refractivity contribution in [2.45, 2.75) is 233 Å². The second-order valence-corrected chi connectivity index (χ2v) is 29.8. The molecule has 0 aliphatic heterocycles. The van der Waals surface area contributed by atoms with Gasteiger partial charge in [-0.05, 0) is 57.3 Å². The van der Waals surface area contributed by atoms with E-state index in [9.17, 15) is 30.6 Å². The molecule has 8 rings (SSSR count). The van der Waals surface area contributed by atoms with E-state index in [2.05, 4.69) is 185 Å². The van der Waals surface area contributed by atoms with Crippen LogP contribution in [0.4, 0.5) is 94.1 Å². The number of nitrogen functional groups attached to an aromatic ring is 8. The number of hydrogen-bond acceptors (Lipinski definition) is 48. The molecule has 1 unspecified atom stereocenters. The van der Waals surface area contributed by atoms with Gasteiger partial charge in [-0.1, -0.05) is 133 Å². The maximum Gasteiger partial charge on any atom is 0.222 e. The second kappa shape index (κ2) is 72.1. The number of aromatic nitrogens is 16. The third-order valence-electron chi connectivity index (χ3n) is 19.4. The van der Waals surface area contributed by atoms with Crippen LogP contribution in [0.15, 0.2) is 49.6 Å². The number of nitrogens with zero attached hydrogens (tertiary/aromatic N) is 16. The lowest BCUT2D eigenvalue weighted by molar-refractivity contribution is 0.182. The summed E-state index contributed by atoms with van der Waals surface area (Å²) in [5.74, 6) is 10.4. The first kappa shape index (κ1) is 120. The van der Waals surface area contributed by atoms with E-state index in [1.807, 2.05) is 0 Å². The molecule has 0 saturated heterocycles. The Morgan fingerprint density at radius 2 is 0.448 bits per heavy atom. The molecule has 0 radical (unpaired) electrons. The van der Waals surface area contributed by atoms with Gasteiger partial charge >= 0.3 is 0 Å². The lowest BCUT2D eigenvalue weighted by atomic mass is 10.00. The fraction of sp³-hybridized carbons (Fsp3) is 0.628. The van der Waals surface area contributed by atoms with Crippen LogP contribution in [0.5, 0.6) is 46.0 Å². The smallest absolute Gasteiger partial charge is 0.222 e. The standard InChI is InChI=1S/C12H22N4O2.4C11H20N4O2.3C10H18N4O2/c1-3-4-5-9(6-7-17)15-11-10(18-2)8-14-12(13)16-11;1-4-7(2)8(6-16)14-10-9(17-3)5-13-11(12)15-10;1-4-5-8(7-16-2)14-10-9(17-3)6-13-11(12)15-10;2*1-3-4-5-8(7-16)14-10-9(17-2)6-13-11(12)15-10;3*1-3-4-7(6-15)13-9-8(16-2)5-12-10(11)14-9/h8-9,17H,3-7H2,1-2H3,(H3,13,14,15,16);5,7-8,16H,4,6H2,1-3H3,(H3,12,13,14,15);6,8H,4-5,7H2,1-3H3,(H3,12,13,14,15);2*6,8,16H,3-5,7H2,1-2H3,(H3,12,13,14,15);3*5,7,15H,3-4,6H2,1-2H3,(H3,11,12,13,14)/t9-;7-,8+;3*8-;2*7-;/m0001010./s1.